The van der Waals surface area contributed by atoms with Crippen molar-refractivity contribution in [2.45, 2.75) is 6.16 Å². The molecule has 30 heavy (non-hydrogen) atoms. The van der Waals surface area contributed by atoms with E-state index in [1.807, 2.05) is 18.2 Å². The number of benzene rings is 4. The minimum absolute atomic E-state index is 0.665. The lowest BCUT2D eigenvalue weighted by Gasteiger charge is -2.28. The Bertz CT molecular complexity index is 1010. The van der Waals surface area contributed by atoms with Crippen LogP contribution in [-0.4, -0.2) is 13.4 Å². The Kier molecular flexibility index (Phi) is 6.07. The van der Waals surface area contributed by atoms with Crippen LogP contribution in [0.3, 0.4) is 0 Å². The van der Waals surface area contributed by atoms with Gasteiger partial charge in [-0.25, -0.2) is 0 Å². The molecule has 0 unspecified atom stereocenters. The molecule has 0 saturated heterocycles. The molecule has 0 aliphatic carbocycles. The lowest BCUT2D eigenvalue weighted by Crippen LogP contribution is -2.32. The molecule has 0 atom stereocenters. The third-order valence-electron chi connectivity index (χ3n) is 5.44. The Balaban J connectivity index is 2.02. The summed E-state index contributed by atoms with van der Waals surface area (Å²) >= 11 is 0. The molecule has 0 aromatic heterocycles. The van der Waals surface area contributed by atoms with E-state index in [0.717, 1.165) is 23.8 Å². The number of rotatable bonds is 7. The molecule has 0 aliphatic rings. The summed E-state index contributed by atoms with van der Waals surface area (Å²) in [5, 5.41) is 3.92. The molecular weight excluding hydrogens is 387 g/mol. The molecule has 0 radical (unpaired) electrons. The maximum absolute atomic E-state index is 11.5. The highest BCUT2D eigenvalue weighted by atomic mass is 31.2. The van der Waals surface area contributed by atoms with E-state index in [0.29, 0.717) is 5.56 Å². The number of hydrogen-bond donors (Lipinski definition) is 0. The van der Waals surface area contributed by atoms with Crippen molar-refractivity contribution < 1.29 is 9.53 Å². The molecule has 0 amide bonds. The van der Waals surface area contributed by atoms with E-state index in [9.17, 15) is 4.79 Å². The predicted molar refractivity (Wildman–Crippen MR) is 127 cm³/mol. The fourth-order valence-corrected chi connectivity index (χ4v) is 8.26. The van der Waals surface area contributed by atoms with Crippen molar-refractivity contribution in [1.29, 1.82) is 0 Å². The van der Waals surface area contributed by atoms with Gasteiger partial charge in [0.1, 0.15) is 41.4 Å². The van der Waals surface area contributed by atoms with Crippen molar-refractivity contribution in [3.63, 3.8) is 0 Å². The highest BCUT2D eigenvalue weighted by Gasteiger charge is 2.45. The molecule has 4 aromatic rings. The lowest BCUT2D eigenvalue weighted by molar-refractivity contribution is 0.112. The first kappa shape index (κ1) is 20.1. The highest BCUT2D eigenvalue weighted by Crippen LogP contribution is 2.59. The van der Waals surface area contributed by atoms with Gasteiger partial charge in [0.25, 0.3) is 0 Å². The van der Waals surface area contributed by atoms with E-state index >= 15 is 0 Å². The quantitative estimate of drug-likeness (QED) is 0.316. The van der Waals surface area contributed by atoms with Gasteiger partial charge in [-0.1, -0.05) is 54.6 Å². The maximum atomic E-state index is 11.5. The molecular formula is C27H24O2P+. The standard InChI is InChI=1S/C27H24O2P/c1-29-27-18-17-22(20-28)19-23(27)21-30(24-11-5-2-6-12-24,25-13-7-3-8-14-25)26-15-9-4-10-16-26/h2-20H,21H2,1H3/q+1. The van der Waals surface area contributed by atoms with E-state index in [1.54, 1.807) is 7.11 Å². The zero-order valence-electron chi connectivity index (χ0n) is 16.9. The molecule has 4 rings (SSSR count). The van der Waals surface area contributed by atoms with Gasteiger partial charge < -0.3 is 4.74 Å². The van der Waals surface area contributed by atoms with E-state index in [-0.39, 0.29) is 0 Å². The van der Waals surface area contributed by atoms with E-state index in [4.69, 9.17) is 4.74 Å². The first-order valence-electron chi connectivity index (χ1n) is 9.95. The zero-order valence-corrected chi connectivity index (χ0v) is 17.8. The van der Waals surface area contributed by atoms with Crippen molar-refractivity contribution in [3.8, 4) is 5.75 Å². The third kappa shape index (κ3) is 3.79. The Morgan fingerprint density at radius 2 is 1.17 bits per heavy atom. The number of carbonyl (C=O) groups excluding carboxylic acids is 1. The topological polar surface area (TPSA) is 26.3 Å². The number of aldehydes is 1. The zero-order chi connectivity index (χ0) is 20.8. The average Bonchev–Trinajstić information content (AvgIpc) is 2.84. The summed E-state index contributed by atoms with van der Waals surface area (Å²) in [5.41, 5.74) is 1.71. The second-order valence-electron chi connectivity index (χ2n) is 7.16. The molecule has 0 N–H and O–H groups in total. The Morgan fingerprint density at radius 3 is 1.57 bits per heavy atom. The van der Waals surface area contributed by atoms with E-state index in [2.05, 4.69) is 91.0 Å². The molecule has 0 fully saturated rings. The molecule has 0 heterocycles. The smallest absolute Gasteiger partial charge is 0.150 e. The van der Waals surface area contributed by atoms with Crippen LogP contribution in [0.5, 0.6) is 5.75 Å². The van der Waals surface area contributed by atoms with Crippen molar-refractivity contribution in [3.05, 3.63) is 120 Å². The van der Waals surface area contributed by atoms with Crippen molar-refractivity contribution >= 4 is 29.5 Å². The van der Waals surface area contributed by atoms with Crippen molar-refractivity contribution in [2.24, 2.45) is 0 Å². The summed E-state index contributed by atoms with van der Waals surface area (Å²) in [6, 6.07) is 37.8. The molecule has 0 aliphatic heterocycles. The number of hydrogen-bond acceptors (Lipinski definition) is 2. The molecule has 0 spiro atoms. The van der Waals surface area contributed by atoms with Crippen LogP contribution in [0.4, 0.5) is 0 Å². The molecule has 2 nitrogen and oxygen atoms in total. The second kappa shape index (κ2) is 9.07. The summed E-state index contributed by atoms with van der Waals surface area (Å²) in [6.07, 6.45) is 1.67. The lowest BCUT2D eigenvalue weighted by atomic mass is 10.1. The van der Waals surface area contributed by atoms with Gasteiger partial charge in [-0.15, -0.1) is 0 Å². The van der Waals surface area contributed by atoms with Gasteiger partial charge in [0, 0.05) is 11.1 Å². The Hall–Kier alpha value is -3.22. The van der Waals surface area contributed by atoms with Gasteiger partial charge in [-0.2, -0.15) is 0 Å². The first-order valence-corrected chi connectivity index (χ1v) is 11.9. The van der Waals surface area contributed by atoms with Crippen molar-refractivity contribution in [1.82, 2.24) is 0 Å². The number of carbonyl (C=O) groups is 1. The van der Waals surface area contributed by atoms with Crippen LogP contribution in [0.1, 0.15) is 15.9 Å². The van der Waals surface area contributed by atoms with Crippen LogP contribution in [0.15, 0.2) is 109 Å². The number of ether oxygens (including phenoxy) is 1. The molecule has 0 bridgehead atoms. The van der Waals surface area contributed by atoms with Gasteiger partial charge in [0.15, 0.2) is 0 Å². The fourth-order valence-electron chi connectivity index (χ4n) is 4.02. The van der Waals surface area contributed by atoms with Gasteiger partial charge in [-0.05, 0) is 54.6 Å². The summed E-state index contributed by atoms with van der Waals surface area (Å²) in [7, 11) is -0.354. The molecule has 4 aromatic carbocycles. The largest absolute Gasteiger partial charge is 0.496 e. The van der Waals surface area contributed by atoms with E-state index in [1.165, 1.54) is 15.9 Å². The average molecular weight is 411 g/mol. The van der Waals surface area contributed by atoms with Crippen LogP contribution in [0.25, 0.3) is 0 Å². The Morgan fingerprint density at radius 1 is 0.700 bits per heavy atom. The van der Waals surface area contributed by atoms with Crippen LogP contribution in [0, 0.1) is 0 Å². The van der Waals surface area contributed by atoms with E-state index < -0.39 is 7.26 Å². The Labute approximate surface area is 178 Å². The first-order chi connectivity index (χ1) is 14.8. The molecule has 0 saturated carbocycles. The van der Waals surface area contributed by atoms with Crippen LogP contribution in [-0.2, 0) is 6.16 Å². The van der Waals surface area contributed by atoms with Gasteiger partial charge in [0.2, 0.25) is 0 Å². The maximum Gasteiger partial charge on any atom is 0.150 e. The second-order valence-corrected chi connectivity index (χ2v) is 10.6. The highest BCUT2D eigenvalue weighted by molar-refractivity contribution is 7.95. The normalized spacial score (nSPS) is 11.1. The summed E-state index contributed by atoms with van der Waals surface area (Å²) in [5.74, 6) is 0.813. The molecule has 3 heteroatoms. The molecule has 148 valence electrons. The van der Waals surface area contributed by atoms with Crippen molar-refractivity contribution in [2.75, 3.05) is 7.11 Å². The minimum Gasteiger partial charge on any atom is -0.496 e. The fraction of sp³-hybridized carbons (Fsp3) is 0.0741. The van der Waals surface area contributed by atoms with Gasteiger partial charge in [-0.3, -0.25) is 4.79 Å². The third-order valence-corrected chi connectivity index (χ3v) is 9.79. The van der Waals surface area contributed by atoms with Gasteiger partial charge >= 0.3 is 0 Å². The minimum atomic E-state index is -2.04. The monoisotopic (exact) mass is 411 g/mol. The summed E-state index contributed by atoms with van der Waals surface area (Å²) < 4.78 is 5.70. The predicted octanol–water partition coefficient (Wildman–Crippen LogP) is 5.00. The number of methoxy groups -OCH3 is 1. The van der Waals surface area contributed by atoms with Crippen LogP contribution in [0.2, 0.25) is 0 Å². The van der Waals surface area contributed by atoms with Crippen LogP contribution >= 0.6 is 7.26 Å². The van der Waals surface area contributed by atoms with Crippen LogP contribution < -0.4 is 20.7 Å². The summed E-state index contributed by atoms with van der Waals surface area (Å²) in [4.78, 5) is 11.5. The van der Waals surface area contributed by atoms with Gasteiger partial charge in [0.05, 0.1) is 7.11 Å². The SMILES string of the molecule is COc1ccc(C=O)cc1C[P+](c1ccccc1)(c1ccccc1)c1ccccc1. The summed E-state index contributed by atoms with van der Waals surface area (Å²) in [6.45, 7) is 0.